The molecule has 0 unspecified atom stereocenters. The van der Waals surface area contributed by atoms with E-state index in [4.69, 9.17) is 5.11 Å². The molecule has 2 heterocycles. The van der Waals surface area contributed by atoms with E-state index in [-0.39, 0.29) is 19.5 Å². The lowest BCUT2D eigenvalue weighted by Crippen LogP contribution is -2.43. The number of aliphatic carboxylic acids is 3. The first-order chi connectivity index (χ1) is 13.3. The second kappa shape index (κ2) is 7.97. The first kappa shape index (κ1) is 19.8. The monoisotopic (exact) mass is 392 g/mol. The van der Waals surface area contributed by atoms with Gasteiger partial charge in [-0.2, -0.15) is 0 Å². The topological polar surface area (TPSA) is 120 Å². The van der Waals surface area contributed by atoms with Crippen LogP contribution < -0.4 is 0 Å². The maximum absolute atomic E-state index is 13.8. The van der Waals surface area contributed by atoms with E-state index in [9.17, 15) is 29.0 Å². The molecule has 0 amide bonds. The summed E-state index contributed by atoms with van der Waals surface area (Å²) >= 11 is 0. The molecule has 1 aliphatic heterocycles. The van der Waals surface area contributed by atoms with Crippen LogP contribution in [0, 0.1) is 11.7 Å². The predicted molar refractivity (Wildman–Crippen MR) is 96.5 cm³/mol. The number of carbonyl (C=O) groups is 3. The lowest BCUT2D eigenvalue weighted by atomic mass is 9.94. The van der Waals surface area contributed by atoms with Gasteiger partial charge in [-0.1, -0.05) is 0 Å². The summed E-state index contributed by atoms with van der Waals surface area (Å²) in [6.07, 6.45) is 2.40. The summed E-state index contributed by atoms with van der Waals surface area (Å²) in [6, 6.07) is 2.85. The van der Waals surface area contributed by atoms with Gasteiger partial charge in [0.15, 0.2) is 0 Å². The van der Waals surface area contributed by atoms with Gasteiger partial charge in [0.1, 0.15) is 11.9 Å². The maximum atomic E-state index is 13.8. The molecule has 28 heavy (non-hydrogen) atoms. The number of rotatable bonds is 7. The minimum Gasteiger partial charge on any atom is -0.481 e. The number of likely N-dealkylation sites (tertiary alicyclic amines) is 1. The van der Waals surface area contributed by atoms with Gasteiger partial charge in [0.2, 0.25) is 0 Å². The third kappa shape index (κ3) is 3.99. The molecule has 150 valence electrons. The molecule has 3 rings (SSSR count). The number of benzene rings is 1. The number of aryl methyl sites for hydroxylation is 1. The molecule has 8 nitrogen and oxygen atoms in total. The van der Waals surface area contributed by atoms with Gasteiger partial charge >= 0.3 is 17.9 Å². The van der Waals surface area contributed by atoms with E-state index in [1.165, 1.54) is 29.0 Å². The minimum atomic E-state index is -1.13. The van der Waals surface area contributed by atoms with E-state index in [1.54, 1.807) is 4.90 Å². The Labute approximate surface area is 159 Å². The summed E-state index contributed by atoms with van der Waals surface area (Å²) in [5, 5.41) is 28.6. The Bertz CT molecular complexity index is 925. The van der Waals surface area contributed by atoms with Crippen molar-refractivity contribution in [3.8, 4) is 0 Å². The maximum Gasteiger partial charge on any atom is 0.325 e. The SMILES string of the molecule is O=C(O)CCn1cc([C@@H](C(=O)O)N2CCC[C@H](C(=O)O)C2)c2ccc(F)cc21. The molecule has 1 fully saturated rings. The second-order valence-corrected chi connectivity index (χ2v) is 7.00. The first-order valence-corrected chi connectivity index (χ1v) is 8.97. The number of hydrogen-bond donors (Lipinski definition) is 3. The summed E-state index contributed by atoms with van der Waals surface area (Å²) in [6.45, 7) is 0.610. The van der Waals surface area contributed by atoms with Gasteiger partial charge in [-0.15, -0.1) is 0 Å². The van der Waals surface area contributed by atoms with E-state index in [1.807, 2.05) is 0 Å². The van der Waals surface area contributed by atoms with E-state index in [2.05, 4.69) is 0 Å². The van der Waals surface area contributed by atoms with Crippen molar-refractivity contribution in [2.75, 3.05) is 13.1 Å². The van der Waals surface area contributed by atoms with Crippen LogP contribution in [0.4, 0.5) is 4.39 Å². The quantitative estimate of drug-likeness (QED) is 0.660. The van der Waals surface area contributed by atoms with Gasteiger partial charge in [-0.25, -0.2) is 4.39 Å². The van der Waals surface area contributed by atoms with Crippen LogP contribution in [0.1, 0.15) is 30.9 Å². The molecule has 0 radical (unpaired) electrons. The van der Waals surface area contributed by atoms with Gasteiger partial charge in [-0.3, -0.25) is 19.3 Å². The molecule has 0 aliphatic carbocycles. The zero-order chi connectivity index (χ0) is 20.4. The molecule has 0 spiro atoms. The fourth-order valence-electron chi connectivity index (χ4n) is 3.84. The van der Waals surface area contributed by atoms with Crippen LogP contribution >= 0.6 is 0 Å². The van der Waals surface area contributed by atoms with Crippen molar-refractivity contribution in [1.82, 2.24) is 9.47 Å². The second-order valence-electron chi connectivity index (χ2n) is 7.00. The Kier molecular flexibility index (Phi) is 5.64. The van der Waals surface area contributed by atoms with Gasteiger partial charge in [0.05, 0.1) is 17.9 Å². The summed E-state index contributed by atoms with van der Waals surface area (Å²) in [5.41, 5.74) is 0.813. The third-order valence-corrected chi connectivity index (χ3v) is 5.14. The van der Waals surface area contributed by atoms with Crippen molar-refractivity contribution in [3.63, 3.8) is 0 Å². The molecular formula is C19H21FN2O6. The molecule has 2 atom stereocenters. The standard InChI is InChI=1S/C19H21FN2O6/c20-12-3-4-13-14(10-21(15(13)8-12)7-5-16(23)24)17(19(27)28)22-6-1-2-11(9-22)18(25)26/h3-4,8,10-11,17H,1-2,5-7,9H2,(H,23,24)(H,25,26)(H,27,28)/t11-,17-/m0/s1. The highest BCUT2D eigenvalue weighted by molar-refractivity contribution is 5.90. The Morgan fingerprint density at radius 1 is 1.21 bits per heavy atom. The highest BCUT2D eigenvalue weighted by Gasteiger charge is 2.35. The Balaban J connectivity index is 2.04. The minimum absolute atomic E-state index is 0.0688. The highest BCUT2D eigenvalue weighted by atomic mass is 19.1. The molecule has 9 heteroatoms. The molecule has 0 saturated carbocycles. The van der Waals surface area contributed by atoms with Crippen molar-refractivity contribution >= 4 is 28.8 Å². The molecule has 1 saturated heterocycles. The third-order valence-electron chi connectivity index (χ3n) is 5.14. The largest absolute Gasteiger partial charge is 0.481 e. The van der Waals surface area contributed by atoms with Crippen LogP contribution in [0.15, 0.2) is 24.4 Å². The van der Waals surface area contributed by atoms with E-state index in [0.29, 0.717) is 35.9 Å². The van der Waals surface area contributed by atoms with Crippen molar-refractivity contribution in [1.29, 1.82) is 0 Å². The molecule has 1 aromatic carbocycles. The van der Waals surface area contributed by atoms with Gasteiger partial charge in [0.25, 0.3) is 0 Å². The number of aromatic nitrogens is 1. The average molecular weight is 392 g/mol. The summed E-state index contributed by atoms with van der Waals surface area (Å²) in [5.74, 6) is -4.26. The van der Waals surface area contributed by atoms with Gasteiger partial charge in [-0.05, 0) is 37.6 Å². The molecule has 0 bridgehead atoms. The van der Waals surface area contributed by atoms with Crippen molar-refractivity contribution < 1.29 is 34.1 Å². The number of halogens is 1. The van der Waals surface area contributed by atoms with Crippen LogP contribution in [0.5, 0.6) is 0 Å². The van der Waals surface area contributed by atoms with Crippen LogP contribution in [0.25, 0.3) is 10.9 Å². The summed E-state index contributed by atoms with van der Waals surface area (Å²) in [7, 11) is 0. The number of nitrogens with zero attached hydrogens (tertiary/aromatic N) is 2. The van der Waals surface area contributed by atoms with Gasteiger partial charge < -0.3 is 19.9 Å². The first-order valence-electron chi connectivity index (χ1n) is 8.97. The average Bonchev–Trinajstić information content (AvgIpc) is 2.97. The Hall–Kier alpha value is -2.94. The van der Waals surface area contributed by atoms with E-state index < -0.39 is 35.7 Å². The van der Waals surface area contributed by atoms with Crippen LogP contribution in [0.3, 0.4) is 0 Å². The number of hydrogen-bond acceptors (Lipinski definition) is 4. The number of carboxylic acid groups (broad SMARTS) is 3. The molecule has 3 N–H and O–H groups in total. The lowest BCUT2D eigenvalue weighted by Gasteiger charge is -2.34. The lowest BCUT2D eigenvalue weighted by molar-refractivity contribution is -0.149. The zero-order valence-electron chi connectivity index (χ0n) is 15.0. The van der Waals surface area contributed by atoms with Crippen LogP contribution in [0.2, 0.25) is 0 Å². The Morgan fingerprint density at radius 2 is 1.96 bits per heavy atom. The normalized spacial score (nSPS) is 18.8. The molecular weight excluding hydrogens is 371 g/mol. The fraction of sp³-hybridized carbons (Fsp3) is 0.421. The smallest absolute Gasteiger partial charge is 0.325 e. The van der Waals surface area contributed by atoms with E-state index in [0.717, 1.165) is 0 Å². The van der Waals surface area contributed by atoms with Crippen LogP contribution in [-0.4, -0.2) is 55.8 Å². The number of carboxylic acids is 3. The van der Waals surface area contributed by atoms with Crippen molar-refractivity contribution in [2.24, 2.45) is 5.92 Å². The summed E-state index contributed by atoms with van der Waals surface area (Å²) in [4.78, 5) is 36.0. The molecule has 1 aliphatic rings. The molecule has 2 aromatic rings. The number of fused-ring (bicyclic) bond motifs is 1. The Morgan fingerprint density at radius 3 is 2.61 bits per heavy atom. The van der Waals surface area contributed by atoms with Crippen LogP contribution in [-0.2, 0) is 20.9 Å². The number of piperidine rings is 1. The zero-order valence-corrected chi connectivity index (χ0v) is 15.0. The summed E-state index contributed by atoms with van der Waals surface area (Å²) < 4.78 is 15.3. The fourth-order valence-corrected chi connectivity index (χ4v) is 3.84. The highest BCUT2D eigenvalue weighted by Crippen LogP contribution is 2.34. The van der Waals surface area contributed by atoms with Crippen molar-refractivity contribution in [3.05, 3.63) is 35.8 Å². The molecule has 1 aromatic heterocycles. The predicted octanol–water partition coefficient (Wildman–Crippen LogP) is 2.18. The van der Waals surface area contributed by atoms with Crippen molar-refractivity contribution in [2.45, 2.75) is 31.8 Å². The van der Waals surface area contributed by atoms with E-state index >= 15 is 0 Å². The van der Waals surface area contributed by atoms with Gasteiger partial charge in [0, 0.05) is 30.2 Å².